The summed E-state index contributed by atoms with van der Waals surface area (Å²) in [5.41, 5.74) is -0.0732. The van der Waals surface area contributed by atoms with Crippen molar-refractivity contribution in [3.8, 4) is 5.75 Å². The Labute approximate surface area is 188 Å². The van der Waals surface area contributed by atoms with Gasteiger partial charge in [0.15, 0.2) is 5.82 Å². The first-order valence-corrected chi connectivity index (χ1v) is 10.5. The molecule has 0 aliphatic carbocycles. The lowest BCUT2D eigenvalue weighted by Crippen LogP contribution is -2.38. The molecule has 1 atom stereocenters. The highest BCUT2D eigenvalue weighted by Gasteiger charge is 2.35. The molecule has 2 heterocycles. The van der Waals surface area contributed by atoms with Crippen molar-refractivity contribution in [2.75, 3.05) is 25.5 Å². The van der Waals surface area contributed by atoms with Gasteiger partial charge in [-0.25, -0.2) is 4.98 Å². The van der Waals surface area contributed by atoms with Crippen LogP contribution in [0, 0.1) is 12.8 Å². The number of aromatic nitrogens is 4. The van der Waals surface area contributed by atoms with E-state index in [0.717, 1.165) is 6.07 Å². The molecule has 180 valence electrons. The molecule has 3 rings (SSSR count). The van der Waals surface area contributed by atoms with Crippen LogP contribution < -0.4 is 15.4 Å². The molecule has 0 saturated carbocycles. The van der Waals surface area contributed by atoms with Crippen molar-refractivity contribution < 1.29 is 27.8 Å². The number of aliphatic hydroxyl groups is 1. The molecule has 3 aromatic rings. The van der Waals surface area contributed by atoms with Gasteiger partial charge >= 0.3 is 6.18 Å². The molecule has 3 N–H and O–H groups in total. The molecule has 33 heavy (non-hydrogen) atoms. The zero-order valence-electron chi connectivity index (χ0n) is 18.8. The maximum Gasteiger partial charge on any atom is 0.420 e. The van der Waals surface area contributed by atoms with Crippen LogP contribution in [-0.4, -0.2) is 56.9 Å². The van der Waals surface area contributed by atoms with Crippen LogP contribution in [0.3, 0.4) is 0 Å². The maximum atomic E-state index is 13.5. The van der Waals surface area contributed by atoms with E-state index in [1.807, 2.05) is 0 Å². The number of aryl methyl sites for hydroxylation is 1. The molecule has 0 aliphatic rings. The van der Waals surface area contributed by atoms with Gasteiger partial charge in [0.2, 0.25) is 11.6 Å². The summed E-state index contributed by atoms with van der Waals surface area (Å²) in [5, 5.41) is 23.6. The largest absolute Gasteiger partial charge is 0.496 e. The van der Waals surface area contributed by atoms with Gasteiger partial charge in [-0.2, -0.15) is 13.2 Å². The van der Waals surface area contributed by atoms with Crippen LogP contribution in [-0.2, 0) is 11.0 Å². The minimum Gasteiger partial charge on any atom is -0.496 e. The molecule has 0 radical (unpaired) electrons. The maximum absolute atomic E-state index is 13.5. The molecule has 9 nitrogen and oxygen atoms in total. The molecule has 0 bridgehead atoms. The topological polar surface area (TPSA) is 114 Å². The molecule has 12 heteroatoms. The number of alkyl halides is 3. The smallest absolute Gasteiger partial charge is 0.420 e. The molecule has 0 fully saturated rings. The average molecular weight is 468 g/mol. The lowest BCUT2D eigenvalue weighted by atomic mass is 10.1. The van der Waals surface area contributed by atoms with Gasteiger partial charge in [-0.15, -0.1) is 10.2 Å². The number of methoxy groups -OCH3 is 1. The van der Waals surface area contributed by atoms with Crippen molar-refractivity contribution in [2.24, 2.45) is 5.92 Å². The summed E-state index contributed by atoms with van der Waals surface area (Å²) in [4.78, 5) is 16.2. The fraction of sp³-hybridized carbons (Fsp3) is 0.524. The zero-order valence-corrected chi connectivity index (χ0v) is 18.8. The predicted molar refractivity (Wildman–Crippen MR) is 116 cm³/mol. The number of unbranched alkanes of at least 4 members (excludes halogenated alkanes) is 1. The van der Waals surface area contributed by atoms with Gasteiger partial charge in [0.05, 0.1) is 23.7 Å². The molecule has 0 aliphatic heterocycles. The first kappa shape index (κ1) is 24.5. The number of ether oxygens (including phenoxy) is 1. The number of nitrogens with zero attached hydrogens (tertiary/aromatic N) is 4. The van der Waals surface area contributed by atoms with Gasteiger partial charge in [0, 0.05) is 19.2 Å². The first-order chi connectivity index (χ1) is 15.5. The number of carbonyl (C=O) groups excluding carboxylic acids is 1. The highest BCUT2D eigenvalue weighted by Crippen LogP contribution is 2.39. The van der Waals surface area contributed by atoms with Crippen molar-refractivity contribution in [3.63, 3.8) is 0 Å². The predicted octanol–water partition coefficient (Wildman–Crippen LogP) is 2.94. The van der Waals surface area contributed by atoms with Gasteiger partial charge in [0.1, 0.15) is 17.7 Å². The van der Waals surface area contributed by atoms with Gasteiger partial charge in [-0.05, 0) is 31.7 Å². The molecule has 1 amide bonds. The lowest BCUT2D eigenvalue weighted by molar-refractivity contribution is -0.138. The van der Waals surface area contributed by atoms with Crippen molar-refractivity contribution in [3.05, 3.63) is 23.5 Å². The second-order valence-electron chi connectivity index (χ2n) is 8.02. The van der Waals surface area contributed by atoms with Gasteiger partial charge in [-0.3, -0.25) is 9.20 Å². The number of hydrogen-bond acceptors (Lipinski definition) is 7. The highest BCUT2D eigenvalue weighted by molar-refractivity contribution is 5.85. The number of carbonyl (C=O) groups is 1. The normalized spacial score (nSPS) is 13.0. The van der Waals surface area contributed by atoms with E-state index in [2.05, 4.69) is 25.8 Å². The number of hydrogen-bond donors (Lipinski definition) is 3. The van der Waals surface area contributed by atoms with E-state index in [1.165, 1.54) is 17.6 Å². The summed E-state index contributed by atoms with van der Waals surface area (Å²) in [5.74, 6) is -0.0836. The minimum atomic E-state index is -4.59. The van der Waals surface area contributed by atoms with E-state index in [4.69, 9.17) is 4.74 Å². The van der Waals surface area contributed by atoms with Crippen LogP contribution in [0.2, 0.25) is 0 Å². The fourth-order valence-corrected chi connectivity index (χ4v) is 3.39. The molecular weight excluding hydrogens is 441 g/mol. The van der Waals surface area contributed by atoms with Crippen LogP contribution in [0.15, 0.2) is 12.1 Å². The SMILES string of the molecule is COc1cc2nc(NCCCCNC(=O)C(O)C(C)C)c3nnc(C)n3c2cc1C(F)(F)F. The Morgan fingerprint density at radius 2 is 1.91 bits per heavy atom. The second kappa shape index (κ2) is 9.77. The molecule has 0 saturated heterocycles. The molecular formula is C21H27F3N6O3. The number of aliphatic hydroxyl groups excluding tert-OH is 1. The summed E-state index contributed by atoms with van der Waals surface area (Å²) in [6.45, 7) is 6.07. The molecule has 1 aromatic carbocycles. The number of rotatable bonds is 9. The summed E-state index contributed by atoms with van der Waals surface area (Å²) >= 11 is 0. The second-order valence-corrected chi connectivity index (χ2v) is 8.02. The number of amides is 1. The van der Waals surface area contributed by atoms with Gasteiger partial charge < -0.3 is 20.5 Å². The Morgan fingerprint density at radius 1 is 1.21 bits per heavy atom. The Morgan fingerprint density at radius 3 is 2.55 bits per heavy atom. The van der Waals surface area contributed by atoms with E-state index < -0.39 is 23.8 Å². The first-order valence-electron chi connectivity index (χ1n) is 10.5. The number of halogens is 3. The van der Waals surface area contributed by atoms with Gasteiger partial charge in [0.25, 0.3) is 0 Å². The van der Waals surface area contributed by atoms with Crippen LogP contribution in [0.4, 0.5) is 19.0 Å². The van der Waals surface area contributed by atoms with E-state index in [-0.39, 0.29) is 17.2 Å². The van der Waals surface area contributed by atoms with Crippen LogP contribution in [0.1, 0.15) is 38.1 Å². The third kappa shape index (κ3) is 5.27. The Bertz CT molecular complexity index is 1150. The van der Waals surface area contributed by atoms with Crippen molar-refractivity contribution >= 4 is 28.4 Å². The molecule has 0 spiro atoms. The lowest BCUT2D eigenvalue weighted by Gasteiger charge is -2.15. The van der Waals surface area contributed by atoms with Crippen LogP contribution >= 0.6 is 0 Å². The van der Waals surface area contributed by atoms with Gasteiger partial charge in [-0.1, -0.05) is 13.8 Å². The van der Waals surface area contributed by atoms with Crippen molar-refractivity contribution in [1.29, 1.82) is 0 Å². The summed E-state index contributed by atoms with van der Waals surface area (Å²) in [6.07, 6.45) is -4.30. The van der Waals surface area contributed by atoms with E-state index in [1.54, 1.807) is 20.8 Å². The third-order valence-corrected chi connectivity index (χ3v) is 5.21. The molecule has 1 unspecified atom stereocenters. The van der Waals surface area contributed by atoms with Crippen molar-refractivity contribution in [2.45, 2.75) is 45.9 Å². The average Bonchev–Trinajstić information content (AvgIpc) is 3.15. The summed E-state index contributed by atoms with van der Waals surface area (Å²) < 4.78 is 46.9. The summed E-state index contributed by atoms with van der Waals surface area (Å²) in [7, 11) is 1.18. The quantitative estimate of drug-likeness (QED) is 0.414. The Hall–Kier alpha value is -3.15. The standard InChI is InChI=1S/C21H27F3N6O3/c1-11(2)17(31)20(32)26-8-6-5-7-25-18-19-29-28-12(3)30(19)15-9-13(21(22,23)24)16(33-4)10-14(15)27-18/h9-11,17,31H,5-8H2,1-4H3,(H,25,27)(H,26,32). The number of fused-ring (bicyclic) bond motifs is 3. The van der Waals surface area contributed by atoms with Crippen LogP contribution in [0.5, 0.6) is 5.75 Å². The fourth-order valence-electron chi connectivity index (χ4n) is 3.39. The minimum absolute atomic E-state index is 0.162. The van der Waals surface area contributed by atoms with E-state index in [9.17, 15) is 23.1 Å². The third-order valence-electron chi connectivity index (χ3n) is 5.21. The van der Waals surface area contributed by atoms with Crippen molar-refractivity contribution in [1.82, 2.24) is 24.9 Å². The Balaban J connectivity index is 1.76. The highest BCUT2D eigenvalue weighted by atomic mass is 19.4. The Kier molecular flexibility index (Phi) is 7.25. The molecule has 2 aromatic heterocycles. The van der Waals surface area contributed by atoms with Crippen LogP contribution in [0.25, 0.3) is 16.7 Å². The number of nitrogens with one attached hydrogen (secondary N) is 2. The number of benzene rings is 1. The monoisotopic (exact) mass is 468 g/mol. The summed E-state index contributed by atoms with van der Waals surface area (Å²) in [6, 6.07) is 2.24. The number of anilines is 1. The zero-order chi connectivity index (χ0) is 24.3. The van der Waals surface area contributed by atoms with E-state index >= 15 is 0 Å². The van der Waals surface area contributed by atoms with E-state index in [0.29, 0.717) is 48.7 Å².